The first-order valence-electron chi connectivity index (χ1n) is 4.14. The molecule has 0 aliphatic heterocycles. The molecule has 0 atom stereocenters. The largest absolute Gasteiger partial charge is 0.478 e. The average molecular weight is 193 g/mol. The van der Waals surface area contributed by atoms with Crippen molar-refractivity contribution in [2.75, 3.05) is 5.73 Å². The first-order valence-corrected chi connectivity index (χ1v) is 4.14. The van der Waals surface area contributed by atoms with Gasteiger partial charge in [0, 0.05) is 11.3 Å². The van der Waals surface area contributed by atoms with E-state index in [2.05, 4.69) is 6.58 Å². The van der Waals surface area contributed by atoms with Gasteiger partial charge in [-0.05, 0) is 26.0 Å². The number of benzene rings is 1. The highest BCUT2D eigenvalue weighted by Gasteiger charge is 1.90. The van der Waals surface area contributed by atoms with Crippen LogP contribution in [-0.4, -0.2) is 11.1 Å². The molecule has 0 unspecified atom stereocenters. The Kier molecular flexibility index (Phi) is 5.07. The normalized spacial score (nSPS) is 8.43. The van der Waals surface area contributed by atoms with E-state index in [1.165, 1.54) is 12.5 Å². The van der Waals surface area contributed by atoms with Gasteiger partial charge in [0.25, 0.3) is 0 Å². The zero-order valence-corrected chi connectivity index (χ0v) is 8.45. The molecule has 0 heterocycles. The van der Waals surface area contributed by atoms with E-state index in [0.29, 0.717) is 0 Å². The van der Waals surface area contributed by atoms with Crippen LogP contribution in [-0.2, 0) is 4.79 Å². The van der Waals surface area contributed by atoms with Gasteiger partial charge in [-0.2, -0.15) is 0 Å². The molecule has 76 valence electrons. The van der Waals surface area contributed by atoms with E-state index in [1.54, 1.807) is 0 Å². The molecule has 0 spiro atoms. The molecule has 0 saturated heterocycles. The van der Waals surface area contributed by atoms with Gasteiger partial charge in [-0.15, -0.1) is 0 Å². The van der Waals surface area contributed by atoms with Crippen molar-refractivity contribution in [3.63, 3.8) is 0 Å². The Morgan fingerprint density at radius 3 is 1.93 bits per heavy atom. The number of nitrogen functional groups attached to an aromatic ring is 1. The molecule has 0 radical (unpaired) electrons. The second kappa shape index (κ2) is 5.80. The van der Waals surface area contributed by atoms with Gasteiger partial charge in [0.15, 0.2) is 0 Å². The van der Waals surface area contributed by atoms with Gasteiger partial charge >= 0.3 is 5.97 Å². The highest BCUT2D eigenvalue weighted by Crippen LogP contribution is 2.02. The number of hydrogen-bond acceptors (Lipinski definition) is 2. The topological polar surface area (TPSA) is 63.3 Å². The molecule has 3 heteroatoms. The standard InChI is InChI=1S/C7H9N.C4H6O2/c1-6-2-4-7(8)5-3-6;1-3(2)4(5)6/h2-5H,8H2,1H3;1H2,2H3,(H,5,6). The number of nitrogens with two attached hydrogens (primary N) is 1. The van der Waals surface area contributed by atoms with Crippen molar-refractivity contribution in [2.24, 2.45) is 0 Å². The zero-order valence-electron chi connectivity index (χ0n) is 8.45. The van der Waals surface area contributed by atoms with E-state index < -0.39 is 5.97 Å². The second-order valence-electron chi connectivity index (χ2n) is 3.00. The average Bonchev–Trinajstić information content (AvgIpc) is 2.11. The summed E-state index contributed by atoms with van der Waals surface area (Å²) in [7, 11) is 0. The highest BCUT2D eigenvalue weighted by molar-refractivity contribution is 5.84. The smallest absolute Gasteiger partial charge is 0.330 e. The summed E-state index contributed by atoms with van der Waals surface area (Å²) in [6.45, 7) is 6.64. The van der Waals surface area contributed by atoms with E-state index in [1.807, 2.05) is 31.2 Å². The minimum atomic E-state index is -0.935. The monoisotopic (exact) mass is 193 g/mol. The number of rotatable bonds is 1. The van der Waals surface area contributed by atoms with Crippen LogP contribution in [0.2, 0.25) is 0 Å². The summed E-state index contributed by atoms with van der Waals surface area (Å²) in [5.41, 5.74) is 7.68. The molecule has 0 fully saturated rings. The Balaban J connectivity index is 0.000000255. The lowest BCUT2D eigenvalue weighted by Gasteiger charge is -1.90. The highest BCUT2D eigenvalue weighted by atomic mass is 16.4. The third kappa shape index (κ3) is 5.83. The number of carbonyl (C=O) groups is 1. The predicted molar refractivity (Wildman–Crippen MR) is 58.0 cm³/mol. The summed E-state index contributed by atoms with van der Waals surface area (Å²) in [6, 6.07) is 7.79. The SMILES string of the molecule is C=C(C)C(=O)O.Cc1ccc(N)cc1. The Labute approximate surface area is 83.9 Å². The summed E-state index contributed by atoms with van der Waals surface area (Å²) in [5, 5.41) is 7.89. The van der Waals surface area contributed by atoms with Crippen LogP contribution in [0.3, 0.4) is 0 Å². The lowest BCUT2D eigenvalue weighted by Crippen LogP contribution is -1.92. The van der Waals surface area contributed by atoms with E-state index in [9.17, 15) is 4.79 Å². The van der Waals surface area contributed by atoms with Crippen LogP contribution >= 0.6 is 0 Å². The van der Waals surface area contributed by atoms with Crippen molar-refractivity contribution in [1.29, 1.82) is 0 Å². The quantitative estimate of drug-likeness (QED) is 0.531. The number of aliphatic carboxylic acids is 1. The van der Waals surface area contributed by atoms with Gasteiger partial charge in [0.05, 0.1) is 0 Å². The van der Waals surface area contributed by atoms with Gasteiger partial charge in [-0.1, -0.05) is 24.3 Å². The second-order valence-corrected chi connectivity index (χ2v) is 3.00. The summed E-state index contributed by atoms with van der Waals surface area (Å²) in [6.07, 6.45) is 0. The number of carboxylic acid groups (broad SMARTS) is 1. The predicted octanol–water partition coefficient (Wildman–Crippen LogP) is 2.22. The zero-order chi connectivity index (χ0) is 11.1. The molecular weight excluding hydrogens is 178 g/mol. The molecule has 0 bridgehead atoms. The lowest BCUT2D eigenvalue weighted by atomic mass is 10.2. The van der Waals surface area contributed by atoms with E-state index >= 15 is 0 Å². The fourth-order valence-electron chi connectivity index (χ4n) is 0.566. The van der Waals surface area contributed by atoms with Crippen LogP contribution in [0.25, 0.3) is 0 Å². The fraction of sp³-hybridized carbons (Fsp3) is 0.182. The minimum absolute atomic E-state index is 0.176. The maximum atomic E-state index is 9.60. The van der Waals surface area contributed by atoms with Crippen molar-refractivity contribution in [1.82, 2.24) is 0 Å². The summed E-state index contributed by atoms with van der Waals surface area (Å²) < 4.78 is 0. The van der Waals surface area contributed by atoms with Gasteiger partial charge in [0.1, 0.15) is 0 Å². The summed E-state index contributed by atoms with van der Waals surface area (Å²) in [5.74, 6) is -0.935. The Morgan fingerprint density at radius 1 is 1.36 bits per heavy atom. The molecule has 0 saturated carbocycles. The maximum absolute atomic E-state index is 9.60. The Morgan fingerprint density at radius 2 is 1.71 bits per heavy atom. The first kappa shape index (κ1) is 12.2. The fourth-order valence-corrected chi connectivity index (χ4v) is 0.566. The van der Waals surface area contributed by atoms with Crippen LogP contribution in [0, 0.1) is 6.92 Å². The van der Waals surface area contributed by atoms with Gasteiger partial charge in [-0.25, -0.2) is 4.79 Å². The number of hydrogen-bond donors (Lipinski definition) is 2. The van der Waals surface area contributed by atoms with Crippen LogP contribution < -0.4 is 5.73 Å². The van der Waals surface area contributed by atoms with Crippen molar-refractivity contribution in [3.05, 3.63) is 42.0 Å². The molecule has 1 aromatic rings. The number of aryl methyl sites for hydroxylation is 1. The number of carboxylic acids is 1. The third-order valence-electron chi connectivity index (χ3n) is 1.44. The number of anilines is 1. The van der Waals surface area contributed by atoms with Crippen LogP contribution in [0.5, 0.6) is 0 Å². The molecule has 1 rings (SSSR count). The van der Waals surface area contributed by atoms with Crippen LogP contribution in [0.15, 0.2) is 36.4 Å². The summed E-state index contributed by atoms with van der Waals surface area (Å²) in [4.78, 5) is 9.60. The van der Waals surface area contributed by atoms with Gasteiger partial charge < -0.3 is 10.8 Å². The Bertz CT molecular complexity index is 282. The van der Waals surface area contributed by atoms with Gasteiger partial charge in [0.2, 0.25) is 0 Å². The minimum Gasteiger partial charge on any atom is -0.478 e. The molecule has 1 aromatic carbocycles. The molecule has 0 aliphatic carbocycles. The molecule has 3 N–H and O–H groups in total. The molecular formula is C11H15NO2. The van der Waals surface area contributed by atoms with Crippen LogP contribution in [0.4, 0.5) is 5.69 Å². The first-order chi connectivity index (χ1) is 6.43. The van der Waals surface area contributed by atoms with Crippen molar-refractivity contribution in [2.45, 2.75) is 13.8 Å². The van der Waals surface area contributed by atoms with Crippen molar-refractivity contribution < 1.29 is 9.90 Å². The summed E-state index contributed by atoms with van der Waals surface area (Å²) >= 11 is 0. The maximum Gasteiger partial charge on any atom is 0.330 e. The van der Waals surface area contributed by atoms with E-state index in [0.717, 1.165) is 5.69 Å². The van der Waals surface area contributed by atoms with E-state index in [4.69, 9.17) is 10.8 Å². The molecule has 3 nitrogen and oxygen atoms in total. The molecule has 0 aliphatic rings. The Hall–Kier alpha value is -1.77. The molecule has 0 aromatic heterocycles. The van der Waals surface area contributed by atoms with Crippen LogP contribution in [0.1, 0.15) is 12.5 Å². The van der Waals surface area contributed by atoms with Crippen molar-refractivity contribution in [3.8, 4) is 0 Å². The molecule has 14 heavy (non-hydrogen) atoms. The van der Waals surface area contributed by atoms with E-state index in [-0.39, 0.29) is 5.57 Å². The van der Waals surface area contributed by atoms with Crippen molar-refractivity contribution >= 4 is 11.7 Å². The van der Waals surface area contributed by atoms with Gasteiger partial charge in [-0.3, -0.25) is 0 Å². The lowest BCUT2D eigenvalue weighted by molar-refractivity contribution is -0.132. The molecule has 0 amide bonds. The third-order valence-corrected chi connectivity index (χ3v) is 1.44.